The second-order valence-electron chi connectivity index (χ2n) is 6.85. The Morgan fingerprint density at radius 3 is 2.67 bits per heavy atom. The van der Waals surface area contributed by atoms with Gasteiger partial charge in [-0.15, -0.1) is 0 Å². The lowest BCUT2D eigenvalue weighted by molar-refractivity contribution is -0.195. The van der Waals surface area contributed by atoms with Crippen molar-refractivity contribution in [2.24, 2.45) is 0 Å². The average molecular weight is 297 g/mol. The van der Waals surface area contributed by atoms with Crippen LogP contribution in [0.15, 0.2) is 0 Å². The minimum Gasteiger partial charge on any atom is -0.347 e. The van der Waals surface area contributed by atoms with Gasteiger partial charge in [-0.2, -0.15) is 0 Å². The molecule has 0 amide bonds. The van der Waals surface area contributed by atoms with Crippen LogP contribution in [-0.4, -0.2) is 80.7 Å². The number of hydrogen-bond acceptors (Lipinski definition) is 5. The van der Waals surface area contributed by atoms with Crippen molar-refractivity contribution in [2.45, 2.75) is 56.5 Å². The van der Waals surface area contributed by atoms with Crippen LogP contribution in [-0.2, 0) is 9.47 Å². The van der Waals surface area contributed by atoms with E-state index >= 15 is 0 Å². The maximum absolute atomic E-state index is 5.98. The van der Waals surface area contributed by atoms with Crippen molar-refractivity contribution in [3.05, 3.63) is 0 Å². The van der Waals surface area contributed by atoms with Gasteiger partial charge >= 0.3 is 0 Å². The van der Waals surface area contributed by atoms with E-state index in [9.17, 15) is 0 Å². The molecule has 0 aromatic heterocycles. The first-order chi connectivity index (χ1) is 10.2. The van der Waals surface area contributed by atoms with Crippen molar-refractivity contribution in [2.75, 3.05) is 46.9 Å². The van der Waals surface area contributed by atoms with E-state index in [1.165, 1.54) is 19.5 Å². The first kappa shape index (κ1) is 15.7. The predicted octanol–water partition coefficient (Wildman–Crippen LogP) is 0.896. The monoisotopic (exact) mass is 297 g/mol. The predicted molar refractivity (Wildman–Crippen MR) is 83.4 cm³/mol. The lowest BCUT2D eigenvalue weighted by atomic mass is 9.84. The first-order valence-corrected chi connectivity index (χ1v) is 8.57. The molecule has 1 N–H and O–H groups in total. The van der Waals surface area contributed by atoms with Crippen molar-refractivity contribution in [3.8, 4) is 0 Å². The van der Waals surface area contributed by atoms with Gasteiger partial charge in [0.25, 0.3) is 0 Å². The zero-order valence-electron chi connectivity index (χ0n) is 13.8. The Balaban J connectivity index is 1.70. The topological polar surface area (TPSA) is 37.0 Å². The van der Waals surface area contributed by atoms with E-state index in [0.717, 1.165) is 39.0 Å². The Morgan fingerprint density at radius 1 is 1.24 bits per heavy atom. The lowest BCUT2D eigenvalue weighted by Gasteiger charge is -2.49. The van der Waals surface area contributed by atoms with Gasteiger partial charge in [0.05, 0.1) is 13.2 Å². The van der Waals surface area contributed by atoms with Gasteiger partial charge in [0.1, 0.15) is 0 Å². The second-order valence-corrected chi connectivity index (χ2v) is 6.85. The molecule has 3 fully saturated rings. The summed E-state index contributed by atoms with van der Waals surface area (Å²) in [6.45, 7) is 7.32. The summed E-state index contributed by atoms with van der Waals surface area (Å²) in [5.74, 6) is -0.289. The number of ether oxygens (including phenoxy) is 2. The van der Waals surface area contributed by atoms with E-state index in [2.05, 4.69) is 36.1 Å². The third-order valence-corrected chi connectivity index (χ3v) is 5.75. The smallest absolute Gasteiger partial charge is 0.170 e. The standard InChI is InChI=1S/C16H31N3O2/c1-4-13-12-19(8-7-18(13)3)15-11-16(20-9-10-21-16)6-5-14(15)17-2/h13-15,17H,4-12H2,1-3H3. The summed E-state index contributed by atoms with van der Waals surface area (Å²) in [4.78, 5) is 5.19. The molecule has 3 rings (SSSR count). The summed E-state index contributed by atoms with van der Waals surface area (Å²) in [6, 6.07) is 1.77. The molecule has 21 heavy (non-hydrogen) atoms. The van der Waals surface area contributed by atoms with Gasteiger partial charge in [0.2, 0.25) is 0 Å². The number of likely N-dealkylation sites (N-methyl/N-ethyl adjacent to an activating group) is 2. The Bertz CT molecular complexity index is 346. The Hall–Kier alpha value is -0.200. The van der Waals surface area contributed by atoms with E-state index in [4.69, 9.17) is 9.47 Å². The molecule has 1 saturated carbocycles. The van der Waals surface area contributed by atoms with Crippen LogP contribution in [0.3, 0.4) is 0 Å². The Labute approximate surface area is 128 Å². The van der Waals surface area contributed by atoms with Crippen molar-refractivity contribution in [1.29, 1.82) is 0 Å². The minimum atomic E-state index is -0.289. The SMILES string of the molecule is CCC1CN(C2CC3(CCC2NC)OCCO3)CCN1C. The highest BCUT2D eigenvalue weighted by Crippen LogP contribution is 2.38. The molecule has 122 valence electrons. The first-order valence-electron chi connectivity index (χ1n) is 8.57. The van der Waals surface area contributed by atoms with Crippen LogP contribution in [0.4, 0.5) is 0 Å². The lowest BCUT2D eigenvalue weighted by Crippen LogP contribution is -2.62. The highest BCUT2D eigenvalue weighted by molar-refractivity contribution is 4.98. The molecule has 5 nitrogen and oxygen atoms in total. The van der Waals surface area contributed by atoms with Crippen LogP contribution >= 0.6 is 0 Å². The highest BCUT2D eigenvalue weighted by atomic mass is 16.7. The molecule has 0 aromatic rings. The largest absolute Gasteiger partial charge is 0.347 e. The van der Waals surface area contributed by atoms with Gasteiger partial charge in [-0.05, 0) is 26.9 Å². The number of nitrogens with zero attached hydrogens (tertiary/aromatic N) is 2. The molecule has 2 heterocycles. The minimum absolute atomic E-state index is 0.289. The Morgan fingerprint density at radius 2 is 2.00 bits per heavy atom. The summed E-state index contributed by atoms with van der Waals surface area (Å²) < 4.78 is 12.0. The molecular weight excluding hydrogens is 266 g/mol. The zero-order chi connectivity index (χ0) is 14.9. The summed E-state index contributed by atoms with van der Waals surface area (Å²) in [6.07, 6.45) is 4.41. The Kier molecular flexibility index (Phi) is 4.86. The van der Waals surface area contributed by atoms with Gasteiger partial charge in [-0.1, -0.05) is 6.92 Å². The fourth-order valence-electron chi connectivity index (χ4n) is 4.32. The number of rotatable bonds is 3. The maximum atomic E-state index is 5.98. The summed E-state index contributed by atoms with van der Waals surface area (Å²) >= 11 is 0. The van der Waals surface area contributed by atoms with Crippen LogP contribution < -0.4 is 5.32 Å². The molecular formula is C16H31N3O2. The summed E-state index contributed by atoms with van der Waals surface area (Å²) in [5.41, 5.74) is 0. The molecule has 0 radical (unpaired) electrons. The van der Waals surface area contributed by atoms with E-state index in [-0.39, 0.29) is 5.79 Å². The molecule has 1 spiro atoms. The van der Waals surface area contributed by atoms with Crippen molar-refractivity contribution in [1.82, 2.24) is 15.1 Å². The fraction of sp³-hybridized carbons (Fsp3) is 1.00. The van der Waals surface area contributed by atoms with Gasteiger partial charge in [-0.3, -0.25) is 4.90 Å². The quantitative estimate of drug-likeness (QED) is 0.837. The van der Waals surface area contributed by atoms with Crippen molar-refractivity contribution in [3.63, 3.8) is 0 Å². The zero-order valence-corrected chi connectivity index (χ0v) is 13.8. The molecule has 0 bridgehead atoms. The third kappa shape index (κ3) is 3.13. The van der Waals surface area contributed by atoms with Gasteiger partial charge in [0.15, 0.2) is 5.79 Å². The van der Waals surface area contributed by atoms with E-state index in [1.54, 1.807) is 0 Å². The van der Waals surface area contributed by atoms with Crippen LogP contribution in [0.2, 0.25) is 0 Å². The van der Waals surface area contributed by atoms with Crippen LogP contribution in [0, 0.1) is 0 Å². The van der Waals surface area contributed by atoms with Crippen LogP contribution in [0.25, 0.3) is 0 Å². The second kappa shape index (κ2) is 6.50. The average Bonchev–Trinajstić information content (AvgIpc) is 2.96. The highest BCUT2D eigenvalue weighted by Gasteiger charge is 2.47. The summed E-state index contributed by atoms with van der Waals surface area (Å²) in [7, 11) is 4.35. The third-order valence-electron chi connectivity index (χ3n) is 5.75. The maximum Gasteiger partial charge on any atom is 0.170 e. The normalized spacial score (nSPS) is 38.1. The van der Waals surface area contributed by atoms with Crippen LogP contribution in [0.5, 0.6) is 0 Å². The molecule has 3 aliphatic rings. The molecule has 2 aliphatic heterocycles. The molecule has 1 aliphatic carbocycles. The fourth-order valence-corrected chi connectivity index (χ4v) is 4.32. The number of nitrogens with one attached hydrogen (secondary N) is 1. The van der Waals surface area contributed by atoms with E-state index in [0.29, 0.717) is 18.1 Å². The molecule has 3 atom stereocenters. The van der Waals surface area contributed by atoms with Crippen molar-refractivity contribution < 1.29 is 9.47 Å². The molecule has 3 unspecified atom stereocenters. The van der Waals surface area contributed by atoms with Crippen molar-refractivity contribution >= 4 is 0 Å². The summed E-state index contributed by atoms with van der Waals surface area (Å²) in [5, 5.41) is 3.54. The number of piperazine rings is 1. The molecule has 2 saturated heterocycles. The van der Waals surface area contributed by atoms with E-state index < -0.39 is 0 Å². The van der Waals surface area contributed by atoms with Gasteiger partial charge in [-0.25, -0.2) is 0 Å². The van der Waals surface area contributed by atoms with E-state index in [1.807, 2.05) is 0 Å². The molecule has 0 aromatic carbocycles. The van der Waals surface area contributed by atoms with Gasteiger partial charge in [0, 0.05) is 50.6 Å². The van der Waals surface area contributed by atoms with Crippen LogP contribution in [0.1, 0.15) is 32.6 Å². The molecule has 5 heteroatoms. The van der Waals surface area contributed by atoms with Gasteiger partial charge < -0.3 is 19.7 Å². The number of hydrogen-bond donors (Lipinski definition) is 1.